The summed E-state index contributed by atoms with van der Waals surface area (Å²) in [6.45, 7) is 6.85. The van der Waals surface area contributed by atoms with Crippen LogP contribution in [0.4, 0.5) is 0 Å². The van der Waals surface area contributed by atoms with E-state index in [9.17, 15) is 9.59 Å². The number of amides is 1. The van der Waals surface area contributed by atoms with Crippen molar-refractivity contribution in [2.24, 2.45) is 5.10 Å². The minimum absolute atomic E-state index is 0.136. The molecular weight excluding hydrogens is 476 g/mol. The Bertz CT molecular complexity index is 1700. The van der Waals surface area contributed by atoms with Crippen LogP contribution in [0.2, 0.25) is 0 Å². The van der Waals surface area contributed by atoms with Crippen molar-refractivity contribution in [1.82, 2.24) is 25.0 Å². The monoisotopic (exact) mass is 504 g/mol. The molecule has 0 aliphatic heterocycles. The fourth-order valence-corrected chi connectivity index (χ4v) is 4.39. The van der Waals surface area contributed by atoms with E-state index in [0.29, 0.717) is 17.3 Å². The molecule has 1 amide bonds. The average molecular weight is 505 g/mol. The van der Waals surface area contributed by atoms with E-state index in [2.05, 4.69) is 51.9 Å². The van der Waals surface area contributed by atoms with Crippen molar-refractivity contribution in [1.29, 1.82) is 0 Å². The maximum absolute atomic E-state index is 13.2. The molecule has 0 atom stereocenters. The molecule has 190 valence electrons. The van der Waals surface area contributed by atoms with Crippen molar-refractivity contribution < 1.29 is 4.79 Å². The molecule has 0 saturated heterocycles. The number of fused-ring (bicyclic) bond motifs is 1. The van der Waals surface area contributed by atoms with Crippen LogP contribution in [0.25, 0.3) is 10.8 Å². The lowest BCUT2D eigenvalue weighted by molar-refractivity contribution is 0.0949. The number of nitrogens with zero attached hydrogens (tertiary/aromatic N) is 5. The predicted octanol–water partition coefficient (Wildman–Crippen LogP) is 4.38. The maximum Gasteiger partial charge on any atom is 0.292 e. The van der Waals surface area contributed by atoms with Gasteiger partial charge in [-0.15, -0.1) is 0 Å². The molecule has 2 aromatic heterocycles. The Morgan fingerprint density at radius 2 is 1.45 bits per heavy atom. The Balaban J connectivity index is 1.39. The van der Waals surface area contributed by atoms with Gasteiger partial charge in [0.05, 0.1) is 30.4 Å². The highest BCUT2D eigenvalue weighted by atomic mass is 16.2. The molecule has 5 rings (SSSR count). The van der Waals surface area contributed by atoms with E-state index in [1.165, 1.54) is 10.2 Å². The van der Waals surface area contributed by atoms with Crippen LogP contribution in [0.15, 0.2) is 88.8 Å². The summed E-state index contributed by atoms with van der Waals surface area (Å²) < 4.78 is 3.25. The summed E-state index contributed by atoms with van der Waals surface area (Å²) in [5.74, 6) is -0.499. The second-order valence-corrected chi connectivity index (χ2v) is 9.27. The summed E-state index contributed by atoms with van der Waals surface area (Å²) in [6, 6.07) is 24.9. The SMILES string of the molecule is Cc1ccc(Cn2nc(C)c(/C=N/NC(=O)c3nn(Cc4ccccc4)c(=O)c4ccccc34)c2C)cc1. The van der Waals surface area contributed by atoms with Gasteiger partial charge in [0.2, 0.25) is 0 Å². The molecule has 0 spiro atoms. The first-order chi connectivity index (χ1) is 18.4. The van der Waals surface area contributed by atoms with Crippen LogP contribution in [0, 0.1) is 20.8 Å². The van der Waals surface area contributed by atoms with Crippen molar-refractivity contribution in [3.63, 3.8) is 0 Å². The highest BCUT2D eigenvalue weighted by Crippen LogP contribution is 2.15. The molecule has 0 saturated carbocycles. The third kappa shape index (κ3) is 5.15. The Hall–Kier alpha value is -4.85. The molecule has 0 bridgehead atoms. The second-order valence-electron chi connectivity index (χ2n) is 9.27. The first-order valence-electron chi connectivity index (χ1n) is 12.4. The van der Waals surface area contributed by atoms with Gasteiger partial charge in [-0.05, 0) is 38.0 Å². The van der Waals surface area contributed by atoms with Crippen molar-refractivity contribution >= 4 is 22.9 Å². The third-order valence-electron chi connectivity index (χ3n) is 6.51. The lowest BCUT2D eigenvalue weighted by Crippen LogP contribution is -2.29. The fraction of sp³-hybridized carbons (Fsp3) is 0.167. The topological polar surface area (TPSA) is 94.2 Å². The molecule has 0 unspecified atom stereocenters. The zero-order valence-corrected chi connectivity index (χ0v) is 21.5. The van der Waals surface area contributed by atoms with E-state index < -0.39 is 5.91 Å². The van der Waals surface area contributed by atoms with Gasteiger partial charge < -0.3 is 0 Å². The van der Waals surface area contributed by atoms with Crippen LogP contribution in [-0.2, 0) is 13.1 Å². The highest BCUT2D eigenvalue weighted by molar-refractivity contribution is 6.05. The Labute approximate surface area is 220 Å². The second kappa shape index (κ2) is 10.6. The van der Waals surface area contributed by atoms with Crippen LogP contribution >= 0.6 is 0 Å². The van der Waals surface area contributed by atoms with E-state index in [-0.39, 0.29) is 17.8 Å². The number of rotatable bonds is 7. The van der Waals surface area contributed by atoms with Crippen molar-refractivity contribution in [3.05, 3.63) is 129 Å². The third-order valence-corrected chi connectivity index (χ3v) is 6.51. The number of benzene rings is 3. The number of aromatic nitrogens is 4. The minimum atomic E-state index is -0.499. The number of hydrogen-bond acceptors (Lipinski definition) is 5. The van der Waals surface area contributed by atoms with Gasteiger partial charge in [-0.1, -0.05) is 78.4 Å². The van der Waals surface area contributed by atoms with Gasteiger partial charge in [0, 0.05) is 16.6 Å². The molecular formula is C30H28N6O2. The molecule has 2 heterocycles. The van der Waals surface area contributed by atoms with Crippen molar-refractivity contribution in [2.45, 2.75) is 33.9 Å². The molecule has 3 aromatic carbocycles. The predicted molar refractivity (Wildman–Crippen MR) is 149 cm³/mol. The molecule has 38 heavy (non-hydrogen) atoms. The zero-order chi connectivity index (χ0) is 26.6. The van der Waals surface area contributed by atoms with E-state index in [0.717, 1.165) is 28.1 Å². The molecule has 1 N–H and O–H groups in total. The molecule has 8 heteroatoms. The first kappa shape index (κ1) is 24.8. The largest absolute Gasteiger partial charge is 0.292 e. The summed E-state index contributed by atoms with van der Waals surface area (Å²) in [7, 11) is 0. The molecule has 0 aliphatic carbocycles. The number of nitrogens with one attached hydrogen (secondary N) is 1. The van der Waals surface area contributed by atoms with Gasteiger partial charge in [-0.25, -0.2) is 10.1 Å². The van der Waals surface area contributed by atoms with Gasteiger partial charge in [-0.3, -0.25) is 14.3 Å². The lowest BCUT2D eigenvalue weighted by atomic mass is 10.1. The zero-order valence-electron chi connectivity index (χ0n) is 21.5. The molecule has 8 nitrogen and oxygen atoms in total. The van der Waals surface area contributed by atoms with E-state index >= 15 is 0 Å². The molecule has 0 fully saturated rings. The number of carbonyl (C=O) groups excluding carboxylic acids is 1. The van der Waals surface area contributed by atoms with Gasteiger partial charge >= 0.3 is 0 Å². The Morgan fingerprint density at radius 3 is 2.18 bits per heavy atom. The van der Waals surface area contributed by atoms with E-state index in [1.807, 2.05) is 48.9 Å². The molecule has 0 radical (unpaired) electrons. The quantitative estimate of drug-likeness (QED) is 0.263. The summed E-state index contributed by atoms with van der Waals surface area (Å²) in [5.41, 5.74) is 8.34. The maximum atomic E-state index is 13.2. The smallest absolute Gasteiger partial charge is 0.267 e. The van der Waals surface area contributed by atoms with Crippen molar-refractivity contribution in [2.75, 3.05) is 0 Å². The number of aryl methyl sites for hydroxylation is 2. The first-order valence-corrected chi connectivity index (χ1v) is 12.4. The average Bonchev–Trinajstić information content (AvgIpc) is 3.19. The van der Waals surface area contributed by atoms with Gasteiger partial charge in [0.1, 0.15) is 0 Å². The Morgan fingerprint density at radius 1 is 0.816 bits per heavy atom. The van der Waals surface area contributed by atoms with Crippen LogP contribution in [0.3, 0.4) is 0 Å². The van der Waals surface area contributed by atoms with Crippen LogP contribution in [-0.4, -0.2) is 31.7 Å². The van der Waals surface area contributed by atoms with Gasteiger partial charge in [0.15, 0.2) is 5.69 Å². The number of hydrazone groups is 1. The van der Waals surface area contributed by atoms with Gasteiger partial charge in [0.25, 0.3) is 11.5 Å². The normalized spacial score (nSPS) is 11.3. The number of hydrogen-bond donors (Lipinski definition) is 1. The van der Waals surface area contributed by atoms with E-state index in [4.69, 9.17) is 0 Å². The summed E-state index contributed by atoms with van der Waals surface area (Å²) in [4.78, 5) is 26.2. The number of carbonyl (C=O) groups is 1. The van der Waals surface area contributed by atoms with Gasteiger partial charge in [-0.2, -0.15) is 15.3 Å². The lowest BCUT2D eigenvalue weighted by Gasteiger charge is -2.10. The van der Waals surface area contributed by atoms with Crippen LogP contribution in [0.5, 0.6) is 0 Å². The molecule has 0 aliphatic rings. The summed E-state index contributed by atoms with van der Waals surface area (Å²) in [6.07, 6.45) is 1.60. The Kier molecular flexibility index (Phi) is 6.95. The van der Waals surface area contributed by atoms with E-state index in [1.54, 1.807) is 30.5 Å². The summed E-state index contributed by atoms with van der Waals surface area (Å²) >= 11 is 0. The highest BCUT2D eigenvalue weighted by Gasteiger charge is 2.17. The summed E-state index contributed by atoms with van der Waals surface area (Å²) in [5, 5.41) is 14.2. The van der Waals surface area contributed by atoms with Crippen LogP contribution < -0.4 is 11.0 Å². The van der Waals surface area contributed by atoms with Crippen molar-refractivity contribution in [3.8, 4) is 0 Å². The standard InChI is InChI=1S/C30H28N6O2/c1-20-13-15-24(16-14-20)18-35-22(3)27(21(2)33-35)17-31-32-29(37)28-25-11-7-8-12-26(25)30(38)36(34-28)19-23-9-5-4-6-10-23/h4-17H,18-19H2,1-3H3,(H,32,37)/b31-17+. The fourth-order valence-electron chi connectivity index (χ4n) is 4.39. The molecule has 5 aromatic rings. The minimum Gasteiger partial charge on any atom is -0.267 e. The van der Waals surface area contributed by atoms with Crippen LogP contribution in [0.1, 0.15) is 44.1 Å².